The number of benzene rings is 1. The molecule has 0 bridgehead atoms. The lowest BCUT2D eigenvalue weighted by molar-refractivity contribution is 0.0690. The average molecular weight is 214 g/mol. The molecule has 0 saturated heterocycles. The molecule has 0 spiro atoms. The number of carbonyl (C=O) groups is 1. The van der Waals surface area contributed by atoms with Crippen LogP contribution in [0.4, 0.5) is 8.78 Å². The Balaban J connectivity index is 2.63. The van der Waals surface area contributed by atoms with Crippen molar-refractivity contribution in [3.8, 4) is 5.75 Å². The molecule has 0 saturated carbocycles. The van der Waals surface area contributed by atoms with Gasteiger partial charge in [-0.25, -0.2) is 9.18 Å². The second kappa shape index (κ2) is 3.49. The number of aryl methyl sites for hydroxylation is 1. The zero-order valence-electron chi connectivity index (χ0n) is 7.72. The molecule has 1 heterocycles. The summed E-state index contributed by atoms with van der Waals surface area (Å²) in [5, 5.41) is 8.64. The first kappa shape index (κ1) is 9.89. The van der Waals surface area contributed by atoms with Crippen LogP contribution in [0.15, 0.2) is 6.07 Å². The molecule has 0 radical (unpaired) electrons. The molecular formula is C10H8F2O3. The smallest absolute Gasteiger partial charge is 0.338 e. The van der Waals surface area contributed by atoms with Crippen molar-refractivity contribution >= 4 is 5.97 Å². The Hall–Kier alpha value is -1.65. The monoisotopic (exact) mass is 214 g/mol. The number of carboxylic acid groups (broad SMARTS) is 1. The van der Waals surface area contributed by atoms with E-state index in [2.05, 4.69) is 0 Å². The summed E-state index contributed by atoms with van der Waals surface area (Å²) in [6, 6.07) is 1.13. The van der Waals surface area contributed by atoms with Gasteiger partial charge in [0.25, 0.3) is 0 Å². The first-order valence-corrected chi connectivity index (χ1v) is 4.48. The molecule has 1 aliphatic rings. The number of halogens is 2. The fraction of sp³-hybridized carbons (Fsp3) is 0.300. The van der Waals surface area contributed by atoms with E-state index in [4.69, 9.17) is 9.84 Å². The summed E-state index contributed by atoms with van der Waals surface area (Å²) in [4.78, 5) is 10.6. The van der Waals surface area contributed by atoms with Gasteiger partial charge >= 0.3 is 5.97 Å². The van der Waals surface area contributed by atoms with Gasteiger partial charge in [-0.3, -0.25) is 0 Å². The Bertz CT molecular complexity index is 429. The van der Waals surface area contributed by atoms with Crippen LogP contribution in [0.2, 0.25) is 0 Å². The van der Waals surface area contributed by atoms with E-state index in [1.165, 1.54) is 0 Å². The lowest BCUT2D eigenvalue weighted by Gasteiger charge is -2.18. The molecule has 5 heteroatoms. The Labute approximate surface area is 84.3 Å². The van der Waals surface area contributed by atoms with Gasteiger partial charge in [0.2, 0.25) is 5.82 Å². The van der Waals surface area contributed by atoms with Crippen molar-refractivity contribution in [2.45, 2.75) is 12.8 Å². The lowest BCUT2D eigenvalue weighted by Crippen LogP contribution is -2.14. The second-order valence-corrected chi connectivity index (χ2v) is 3.30. The summed E-state index contributed by atoms with van der Waals surface area (Å²) in [7, 11) is 0. The van der Waals surface area contributed by atoms with Gasteiger partial charge in [0.15, 0.2) is 11.6 Å². The van der Waals surface area contributed by atoms with Crippen LogP contribution in [0.5, 0.6) is 5.75 Å². The van der Waals surface area contributed by atoms with E-state index in [0.717, 1.165) is 6.07 Å². The molecule has 1 aromatic rings. The average Bonchev–Trinajstić information content (AvgIpc) is 2.23. The molecule has 0 fully saturated rings. The molecule has 0 amide bonds. The maximum atomic E-state index is 13.3. The molecule has 0 aliphatic carbocycles. The highest BCUT2D eigenvalue weighted by atomic mass is 19.2. The Morgan fingerprint density at radius 1 is 1.40 bits per heavy atom. The molecule has 0 aromatic heterocycles. The van der Waals surface area contributed by atoms with Gasteiger partial charge in [-0.2, -0.15) is 4.39 Å². The maximum Gasteiger partial charge on any atom is 0.338 e. The van der Waals surface area contributed by atoms with Crippen molar-refractivity contribution in [2.24, 2.45) is 0 Å². The van der Waals surface area contributed by atoms with Crippen LogP contribution >= 0.6 is 0 Å². The SMILES string of the molecule is O=C(O)c1cc2c(c(F)c1F)OCCC2. The van der Waals surface area contributed by atoms with Crippen molar-refractivity contribution in [2.75, 3.05) is 6.61 Å². The van der Waals surface area contributed by atoms with E-state index >= 15 is 0 Å². The molecule has 3 nitrogen and oxygen atoms in total. The van der Waals surface area contributed by atoms with Crippen molar-refractivity contribution in [3.63, 3.8) is 0 Å². The van der Waals surface area contributed by atoms with Gasteiger partial charge in [0.05, 0.1) is 12.2 Å². The zero-order chi connectivity index (χ0) is 11.0. The van der Waals surface area contributed by atoms with Crippen LogP contribution in [-0.2, 0) is 6.42 Å². The maximum absolute atomic E-state index is 13.3. The highest BCUT2D eigenvalue weighted by Crippen LogP contribution is 2.31. The third kappa shape index (κ3) is 1.54. The van der Waals surface area contributed by atoms with Gasteiger partial charge in [-0.05, 0) is 24.5 Å². The molecule has 2 rings (SSSR count). The third-order valence-electron chi connectivity index (χ3n) is 2.31. The number of fused-ring (bicyclic) bond motifs is 1. The van der Waals surface area contributed by atoms with Gasteiger partial charge in [0.1, 0.15) is 0 Å². The topological polar surface area (TPSA) is 46.5 Å². The largest absolute Gasteiger partial charge is 0.490 e. The quantitative estimate of drug-likeness (QED) is 0.777. The first-order chi connectivity index (χ1) is 7.11. The summed E-state index contributed by atoms with van der Waals surface area (Å²) in [5.74, 6) is -4.18. The molecule has 0 unspecified atom stereocenters. The van der Waals surface area contributed by atoms with E-state index in [1.807, 2.05) is 0 Å². The fourth-order valence-electron chi connectivity index (χ4n) is 1.60. The summed E-state index contributed by atoms with van der Waals surface area (Å²) in [6.45, 7) is 0.329. The number of aromatic carboxylic acids is 1. The van der Waals surface area contributed by atoms with Crippen LogP contribution in [0.25, 0.3) is 0 Å². The normalized spacial score (nSPS) is 14.3. The molecule has 1 aliphatic heterocycles. The van der Waals surface area contributed by atoms with Gasteiger partial charge in [0, 0.05) is 0 Å². The Kier molecular flexibility index (Phi) is 2.30. The van der Waals surface area contributed by atoms with E-state index in [-0.39, 0.29) is 5.75 Å². The van der Waals surface area contributed by atoms with Gasteiger partial charge in [-0.15, -0.1) is 0 Å². The molecule has 0 atom stereocenters. The Morgan fingerprint density at radius 2 is 2.13 bits per heavy atom. The lowest BCUT2D eigenvalue weighted by atomic mass is 10.0. The summed E-state index contributed by atoms with van der Waals surface area (Å²) < 4.78 is 31.5. The Morgan fingerprint density at radius 3 is 2.80 bits per heavy atom. The summed E-state index contributed by atoms with van der Waals surface area (Å²) >= 11 is 0. The van der Waals surface area contributed by atoms with Crippen molar-refractivity contribution in [1.82, 2.24) is 0 Å². The van der Waals surface area contributed by atoms with Crippen LogP contribution in [0.1, 0.15) is 22.3 Å². The number of ether oxygens (including phenoxy) is 1. The minimum absolute atomic E-state index is 0.149. The zero-order valence-corrected chi connectivity index (χ0v) is 7.72. The van der Waals surface area contributed by atoms with Crippen LogP contribution in [-0.4, -0.2) is 17.7 Å². The van der Waals surface area contributed by atoms with E-state index in [1.54, 1.807) is 0 Å². The van der Waals surface area contributed by atoms with Crippen molar-refractivity contribution in [3.05, 3.63) is 28.8 Å². The van der Waals surface area contributed by atoms with Gasteiger partial charge < -0.3 is 9.84 Å². The third-order valence-corrected chi connectivity index (χ3v) is 2.31. The minimum atomic E-state index is -1.47. The van der Waals surface area contributed by atoms with Crippen LogP contribution in [0.3, 0.4) is 0 Å². The number of rotatable bonds is 1. The summed E-state index contributed by atoms with van der Waals surface area (Å²) in [6.07, 6.45) is 1.18. The van der Waals surface area contributed by atoms with Crippen molar-refractivity contribution in [1.29, 1.82) is 0 Å². The minimum Gasteiger partial charge on any atom is -0.490 e. The van der Waals surface area contributed by atoms with Crippen LogP contribution in [0, 0.1) is 11.6 Å². The predicted molar refractivity (Wildman–Crippen MR) is 47.1 cm³/mol. The highest BCUT2D eigenvalue weighted by Gasteiger charge is 2.24. The summed E-state index contributed by atoms with van der Waals surface area (Å²) in [5.41, 5.74) is -0.227. The first-order valence-electron chi connectivity index (χ1n) is 4.48. The molecule has 15 heavy (non-hydrogen) atoms. The molecule has 80 valence electrons. The number of carboxylic acids is 1. The number of hydrogen-bond donors (Lipinski definition) is 1. The predicted octanol–water partition coefficient (Wildman–Crippen LogP) is 1.99. The van der Waals surface area contributed by atoms with Crippen LogP contribution < -0.4 is 4.74 Å². The van der Waals surface area contributed by atoms with E-state index in [9.17, 15) is 13.6 Å². The molecular weight excluding hydrogens is 206 g/mol. The van der Waals surface area contributed by atoms with E-state index in [0.29, 0.717) is 25.0 Å². The molecule has 1 N–H and O–H groups in total. The van der Waals surface area contributed by atoms with Gasteiger partial charge in [-0.1, -0.05) is 0 Å². The van der Waals surface area contributed by atoms with Crippen molar-refractivity contribution < 1.29 is 23.4 Å². The standard InChI is InChI=1S/C10H8F2O3/c11-7-6(10(13)14)4-5-2-1-3-15-9(5)8(7)12/h4H,1-3H2,(H,13,14). The fourth-order valence-corrected chi connectivity index (χ4v) is 1.60. The molecule has 1 aromatic carbocycles. The highest BCUT2D eigenvalue weighted by molar-refractivity contribution is 5.88. The number of hydrogen-bond acceptors (Lipinski definition) is 2. The second-order valence-electron chi connectivity index (χ2n) is 3.30. The van der Waals surface area contributed by atoms with E-state index < -0.39 is 23.2 Å².